The van der Waals surface area contributed by atoms with Crippen LogP contribution in [0.15, 0.2) is 75.7 Å². The van der Waals surface area contributed by atoms with Crippen molar-refractivity contribution in [1.82, 2.24) is 15.0 Å². The van der Waals surface area contributed by atoms with Gasteiger partial charge in [-0.3, -0.25) is 4.79 Å². The van der Waals surface area contributed by atoms with E-state index in [9.17, 15) is 4.79 Å². The highest BCUT2D eigenvalue weighted by atomic mass is 79.9. The molecule has 0 N–H and O–H groups in total. The molecule has 30 heavy (non-hydrogen) atoms. The van der Waals surface area contributed by atoms with Gasteiger partial charge in [0.1, 0.15) is 0 Å². The molecule has 0 aliphatic carbocycles. The van der Waals surface area contributed by atoms with E-state index >= 15 is 0 Å². The van der Waals surface area contributed by atoms with Crippen LogP contribution in [0, 0.1) is 0 Å². The number of piperidine rings is 1. The van der Waals surface area contributed by atoms with Crippen LogP contribution in [0.4, 0.5) is 0 Å². The number of halogens is 1. The predicted molar refractivity (Wildman–Crippen MR) is 119 cm³/mol. The maximum absolute atomic E-state index is 13.1. The van der Waals surface area contributed by atoms with Crippen LogP contribution in [-0.2, 0) is 0 Å². The zero-order valence-electron chi connectivity index (χ0n) is 16.3. The molecule has 4 aromatic rings. The third-order valence-electron chi connectivity index (χ3n) is 5.60. The Kier molecular flexibility index (Phi) is 5.09. The highest BCUT2D eigenvalue weighted by Gasteiger charge is 2.29. The van der Waals surface area contributed by atoms with Gasteiger partial charge in [-0.05, 0) is 60.0 Å². The van der Waals surface area contributed by atoms with Crippen LogP contribution in [0.25, 0.3) is 22.2 Å². The van der Waals surface area contributed by atoms with Crippen molar-refractivity contribution in [2.45, 2.75) is 18.8 Å². The van der Waals surface area contributed by atoms with Crippen molar-refractivity contribution in [2.24, 2.45) is 0 Å². The summed E-state index contributed by atoms with van der Waals surface area (Å²) in [5.74, 6) is 1.29. The summed E-state index contributed by atoms with van der Waals surface area (Å²) in [5, 5.41) is 6.36. The highest BCUT2D eigenvalue weighted by molar-refractivity contribution is 9.10. The van der Waals surface area contributed by atoms with E-state index in [4.69, 9.17) is 4.52 Å². The standard InChI is InChI=1S/C24H20BrN3O2/c25-21-11-9-17(10-12-21)22-26-23(30-27-22)20-6-3-13-28(15-20)24(29)19-8-7-16-4-1-2-5-18(16)14-19/h1-2,4-5,7-12,14,20H,3,6,13,15H2. The molecular weight excluding hydrogens is 442 g/mol. The molecule has 1 fully saturated rings. The molecule has 3 aromatic carbocycles. The Bertz CT molecular complexity index is 1200. The fraction of sp³-hybridized carbons (Fsp3) is 0.208. The molecular formula is C24H20BrN3O2. The summed E-state index contributed by atoms with van der Waals surface area (Å²) in [6.07, 6.45) is 1.85. The molecule has 1 aromatic heterocycles. The minimum absolute atomic E-state index is 0.0538. The Labute approximate surface area is 182 Å². The molecule has 150 valence electrons. The van der Waals surface area contributed by atoms with Gasteiger partial charge in [-0.1, -0.05) is 51.4 Å². The smallest absolute Gasteiger partial charge is 0.253 e. The van der Waals surface area contributed by atoms with E-state index in [0.29, 0.717) is 18.3 Å². The third kappa shape index (κ3) is 3.75. The molecule has 0 bridgehead atoms. The molecule has 5 nitrogen and oxygen atoms in total. The number of carbonyl (C=O) groups is 1. The van der Waals surface area contributed by atoms with E-state index in [1.54, 1.807) is 0 Å². The van der Waals surface area contributed by atoms with Crippen molar-refractivity contribution in [3.05, 3.63) is 82.7 Å². The minimum atomic E-state index is 0.0538. The fourth-order valence-electron chi connectivity index (χ4n) is 3.99. The van der Waals surface area contributed by atoms with Crippen molar-refractivity contribution in [2.75, 3.05) is 13.1 Å². The second kappa shape index (κ2) is 8.03. The van der Waals surface area contributed by atoms with Crippen molar-refractivity contribution in [3.8, 4) is 11.4 Å². The minimum Gasteiger partial charge on any atom is -0.339 e. The van der Waals surface area contributed by atoms with E-state index in [1.807, 2.05) is 65.6 Å². The molecule has 1 amide bonds. The first kappa shape index (κ1) is 19.0. The summed E-state index contributed by atoms with van der Waals surface area (Å²) >= 11 is 3.44. The van der Waals surface area contributed by atoms with E-state index in [-0.39, 0.29) is 11.8 Å². The number of hydrogen-bond donors (Lipinski definition) is 0. The van der Waals surface area contributed by atoms with Crippen LogP contribution >= 0.6 is 15.9 Å². The first-order valence-corrected chi connectivity index (χ1v) is 10.8. The number of benzene rings is 3. The van der Waals surface area contributed by atoms with Gasteiger partial charge >= 0.3 is 0 Å². The van der Waals surface area contributed by atoms with Gasteiger partial charge in [0.25, 0.3) is 5.91 Å². The van der Waals surface area contributed by atoms with Gasteiger partial charge in [-0.15, -0.1) is 0 Å². The van der Waals surface area contributed by atoms with Crippen LogP contribution in [0.5, 0.6) is 0 Å². The molecule has 2 heterocycles. The van der Waals surface area contributed by atoms with Gasteiger partial charge in [-0.25, -0.2) is 0 Å². The molecule has 1 aliphatic heterocycles. The number of rotatable bonds is 3. The van der Waals surface area contributed by atoms with Gasteiger partial charge in [0.2, 0.25) is 11.7 Å². The van der Waals surface area contributed by atoms with Gasteiger partial charge in [0, 0.05) is 28.7 Å². The lowest BCUT2D eigenvalue weighted by Gasteiger charge is -2.31. The largest absolute Gasteiger partial charge is 0.339 e. The van der Waals surface area contributed by atoms with E-state index in [2.05, 4.69) is 32.1 Å². The topological polar surface area (TPSA) is 59.2 Å². The van der Waals surface area contributed by atoms with Crippen molar-refractivity contribution >= 4 is 32.6 Å². The Balaban J connectivity index is 1.34. The van der Waals surface area contributed by atoms with Crippen LogP contribution < -0.4 is 0 Å². The van der Waals surface area contributed by atoms with E-state index in [0.717, 1.165) is 45.8 Å². The van der Waals surface area contributed by atoms with Crippen molar-refractivity contribution in [1.29, 1.82) is 0 Å². The van der Waals surface area contributed by atoms with Crippen LogP contribution in [-0.4, -0.2) is 34.0 Å². The molecule has 0 saturated carbocycles. The van der Waals surface area contributed by atoms with Gasteiger partial charge in [0.15, 0.2) is 0 Å². The average molecular weight is 462 g/mol. The van der Waals surface area contributed by atoms with Crippen LogP contribution in [0.2, 0.25) is 0 Å². The zero-order chi connectivity index (χ0) is 20.5. The number of aromatic nitrogens is 2. The highest BCUT2D eigenvalue weighted by Crippen LogP contribution is 2.29. The predicted octanol–water partition coefficient (Wildman–Crippen LogP) is 5.67. The molecule has 1 atom stereocenters. The van der Waals surface area contributed by atoms with Crippen molar-refractivity contribution in [3.63, 3.8) is 0 Å². The molecule has 5 rings (SSSR count). The number of hydrogen-bond acceptors (Lipinski definition) is 4. The molecule has 0 spiro atoms. The van der Waals surface area contributed by atoms with E-state index < -0.39 is 0 Å². The monoisotopic (exact) mass is 461 g/mol. The summed E-state index contributed by atoms with van der Waals surface area (Å²) in [7, 11) is 0. The molecule has 1 saturated heterocycles. The average Bonchev–Trinajstić information content (AvgIpc) is 3.29. The molecule has 0 radical (unpaired) electrons. The SMILES string of the molecule is O=C(c1ccc2ccccc2c1)N1CCCC(c2nc(-c3ccc(Br)cc3)no2)C1. The van der Waals surface area contributed by atoms with E-state index in [1.165, 1.54) is 0 Å². The second-order valence-corrected chi connectivity index (χ2v) is 8.53. The zero-order valence-corrected chi connectivity index (χ0v) is 17.9. The van der Waals surface area contributed by atoms with Crippen LogP contribution in [0.3, 0.4) is 0 Å². The molecule has 1 unspecified atom stereocenters. The third-order valence-corrected chi connectivity index (χ3v) is 6.13. The number of nitrogens with zero attached hydrogens (tertiary/aromatic N) is 3. The normalized spacial score (nSPS) is 16.7. The lowest BCUT2D eigenvalue weighted by atomic mass is 9.97. The summed E-state index contributed by atoms with van der Waals surface area (Å²) < 4.78 is 6.57. The first-order chi connectivity index (χ1) is 14.7. The maximum Gasteiger partial charge on any atom is 0.253 e. The molecule has 1 aliphatic rings. The van der Waals surface area contributed by atoms with Gasteiger partial charge < -0.3 is 9.42 Å². The summed E-state index contributed by atoms with van der Waals surface area (Å²) in [6.45, 7) is 1.34. The lowest BCUT2D eigenvalue weighted by molar-refractivity contribution is 0.0696. The van der Waals surface area contributed by atoms with Gasteiger partial charge in [-0.2, -0.15) is 4.98 Å². The Hall–Kier alpha value is -2.99. The van der Waals surface area contributed by atoms with Gasteiger partial charge in [0.05, 0.1) is 5.92 Å². The summed E-state index contributed by atoms with van der Waals surface area (Å²) in [5.41, 5.74) is 1.63. The quantitative estimate of drug-likeness (QED) is 0.394. The Morgan fingerprint density at radius 1 is 1.03 bits per heavy atom. The second-order valence-electron chi connectivity index (χ2n) is 7.62. The Morgan fingerprint density at radius 2 is 1.83 bits per heavy atom. The maximum atomic E-state index is 13.1. The number of carbonyl (C=O) groups excluding carboxylic acids is 1. The Morgan fingerprint density at radius 3 is 2.67 bits per heavy atom. The van der Waals surface area contributed by atoms with Crippen LogP contribution in [0.1, 0.15) is 35.0 Å². The number of fused-ring (bicyclic) bond motifs is 1. The lowest BCUT2D eigenvalue weighted by Crippen LogP contribution is -2.39. The number of likely N-dealkylation sites (tertiary alicyclic amines) is 1. The van der Waals surface area contributed by atoms with Crippen molar-refractivity contribution < 1.29 is 9.32 Å². The number of amides is 1. The summed E-state index contributed by atoms with van der Waals surface area (Å²) in [6, 6.07) is 21.8. The fourth-order valence-corrected chi connectivity index (χ4v) is 4.25. The summed E-state index contributed by atoms with van der Waals surface area (Å²) in [4.78, 5) is 19.6. The first-order valence-electron chi connectivity index (χ1n) is 10.0. The molecule has 6 heteroatoms.